The highest BCUT2D eigenvalue weighted by atomic mass is 16.6. The van der Waals surface area contributed by atoms with Gasteiger partial charge in [0.2, 0.25) is 0 Å². The Balaban J connectivity index is 1.58. The molecule has 2 heterocycles. The van der Waals surface area contributed by atoms with Gasteiger partial charge in [-0.2, -0.15) is 10.2 Å². The zero-order valence-electron chi connectivity index (χ0n) is 23.4. The molecule has 2 amide bonds. The monoisotopic (exact) mass is 537 g/mol. The van der Waals surface area contributed by atoms with E-state index in [2.05, 4.69) is 10.2 Å². The van der Waals surface area contributed by atoms with Gasteiger partial charge in [0.05, 0.1) is 28.1 Å². The molecule has 3 atom stereocenters. The zero-order valence-corrected chi connectivity index (χ0v) is 23.4. The minimum atomic E-state index is -0.762. The summed E-state index contributed by atoms with van der Waals surface area (Å²) >= 11 is 0. The molecule has 0 saturated carbocycles. The molecule has 0 radical (unpaired) electrons. The van der Waals surface area contributed by atoms with Crippen LogP contribution in [0.3, 0.4) is 0 Å². The van der Waals surface area contributed by atoms with Crippen molar-refractivity contribution >= 4 is 40.3 Å². The van der Waals surface area contributed by atoms with Crippen molar-refractivity contribution < 1.29 is 14.5 Å². The van der Waals surface area contributed by atoms with E-state index in [-0.39, 0.29) is 17.5 Å². The van der Waals surface area contributed by atoms with Crippen molar-refractivity contribution in [3.8, 4) is 0 Å². The van der Waals surface area contributed by atoms with Crippen LogP contribution in [0.1, 0.15) is 47.6 Å². The van der Waals surface area contributed by atoms with Gasteiger partial charge in [-0.25, -0.2) is 10.0 Å². The van der Waals surface area contributed by atoms with Gasteiger partial charge >= 0.3 is 0 Å². The van der Waals surface area contributed by atoms with Gasteiger partial charge in [-0.15, -0.1) is 0 Å². The van der Waals surface area contributed by atoms with Crippen LogP contribution in [0.5, 0.6) is 0 Å². The summed E-state index contributed by atoms with van der Waals surface area (Å²) in [5.74, 6) is -2.70. The van der Waals surface area contributed by atoms with Crippen LogP contribution in [0, 0.1) is 49.6 Å². The molecule has 9 heteroatoms. The first-order valence-corrected chi connectivity index (χ1v) is 13.1. The Bertz CT molecular complexity index is 1520. The van der Waals surface area contributed by atoms with Crippen LogP contribution in [0.25, 0.3) is 0 Å². The molecule has 204 valence electrons. The van der Waals surface area contributed by atoms with E-state index in [1.807, 2.05) is 64.1 Å². The second-order valence-electron chi connectivity index (χ2n) is 10.6. The van der Waals surface area contributed by atoms with Crippen molar-refractivity contribution in [2.24, 2.45) is 22.0 Å². The van der Waals surface area contributed by atoms with Crippen LogP contribution in [0.15, 0.2) is 70.9 Å². The predicted molar refractivity (Wildman–Crippen MR) is 156 cm³/mol. The predicted octanol–water partition coefficient (Wildman–Crippen LogP) is 5.99. The molecule has 0 aliphatic carbocycles. The Labute approximate surface area is 233 Å². The fraction of sp³-hybridized carbons (Fsp3) is 0.290. The van der Waals surface area contributed by atoms with Crippen molar-refractivity contribution in [3.63, 3.8) is 0 Å². The lowest BCUT2D eigenvalue weighted by molar-refractivity contribution is -0.384. The number of nitrogens with zero attached hydrogens (tertiary/aromatic N) is 5. The highest BCUT2D eigenvalue weighted by molar-refractivity contribution is 6.19. The average Bonchev–Trinajstić information content (AvgIpc) is 3.38. The molecule has 9 nitrogen and oxygen atoms in total. The number of hydrazone groups is 2. The van der Waals surface area contributed by atoms with E-state index in [1.165, 1.54) is 22.2 Å². The summed E-state index contributed by atoms with van der Waals surface area (Å²) in [5, 5.41) is 23.4. The van der Waals surface area contributed by atoms with Gasteiger partial charge in [0, 0.05) is 29.5 Å². The van der Waals surface area contributed by atoms with Crippen LogP contribution < -0.4 is 10.0 Å². The minimum absolute atomic E-state index is 0.0673. The molecule has 3 aromatic rings. The Hall–Kier alpha value is -4.66. The van der Waals surface area contributed by atoms with Gasteiger partial charge in [-0.1, -0.05) is 24.3 Å². The Kier molecular flexibility index (Phi) is 6.83. The summed E-state index contributed by atoms with van der Waals surface area (Å²) in [5.41, 5.74) is 7.27. The number of carbonyl (C=O) groups is 2. The number of hydrogen-bond acceptors (Lipinski definition) is 6. The number of benzene rings is 3. The summed E-state index contributed by atoms with van der Waals surface area (Å²) in [6, 6.07) is 17.5. The number of hydrogen-bond donors (Lipinski definition) is 0. The normalized spacial score (nSPS) is 19.6. The van der Waals surface area contributed by atoms with Crippen molar-refractivity contribution in [2.45, 2.75) is 47.5 Å². The third-order valence-corrected chi connectivity index (χ3v) is 8.04. The van der Waals surface area contributed by atoms with Crippen molar-refractivity contribution in [3.05, 3.63) is 98.6 Å². The molecule has 0 fully saturated rings. The number of amides is 2. The van der Waals surface area contributed by atoms with Crippen LogP contribution in [-0.2, 0) is 9.59 Å². The number of carbonyl (C=O) groups excluding carboxylic acids is 2. The third-order valence-electron chi connectivity index (χ3n) is 8.04. The molecule has 5 rings (SSSR count). The molecule has 0 bridgehead atoms. The van der Waals surface area contributed by atoms with Crippen molar-refractivity contribution in [1.29, 1.82) is 0 Å². The maximum Gasteiger partial charge on any atom is 0.269 e. The fourth-order valence-electron chi connectivity index (χ4n) is 5.47. The summed E-state index contributed by atoms with van der Waals surface area (Å²) in [6.07, 6.45) is 0. The van der Waals surface area contributed by atoms with Gasteiger partial charge in [0.25, 0.3) is 17.5 Å². The first kappa shape index (κ1) is 26.9. The van der Waals surface area contributed by atoms with Crippen molar-refractivity contribution in [2.75, 3.05) is 10.0 Å². The van der Waals surface area contributed by atoms with E-state index in [1.54, 1.807) is 26.0 Å². The SMILES string of the molecule is CC1=NN(c2ccc(C)c(C)c2)C(=O)[C@H]1C(c1ccc([N+](=O)[O-])cc1)[C@H]1C(=O)N(c2ccc(C)c(C)c2)N=C1C. The Morgan fingerprint density at radius 3 is 1.48 bits per heavy atom. The fourth-order valence-corrected chi connectivity index (χ4v) is 5.47. The number of aryl methyl sites for hydroxylation is 4. The standard InChI is InChI=1S/C31H31N5O4/c1-17-7-11-25(15-19(17)3)34-30(37)27(21(5)32-34)29(23-9-13-24(14-10-23)36(39)40)28-22(6)33-35(31(28)38)26-12-8-18(2)20(4)16-26/h7-16,27-29H,1-6H3/t27-,28+,29?. The zero-order chi connectivity index (χ0) is 28.9. The van der Waals surface area contributed by atoms with E-state index in [4.69, 9.17) is 0 Å². The quantitative estimate of drug-likeness (QED) is 0.284. The minimum Gasteiger partial charge on any atom is -0.272 e. The summed E-state index contributed by atoms with van der Waals surface area (Å²) < 4.78 is 0. The van der Waals surface area contributed by atoms with Gasteiger partial charge in [0.15, 0.2) is 0 Å². The average molecular weight is 538 g/mol. The topological polar surface area (TPSA) is 108 Å². The largest absolute Gasteiger partial charge is 0.272 e. The molecule has 3 aromatic carbocycles. The first-order valence-electron chi connectivity index (χ1n) is 13.1. The molecular formula is C31H31N5O4. The molecule has 2 aliphatic rings. The van der Waals surface area contributed by atoms with Crippen LogP contribution >= 0.6 is 0 Å². The first-order chi connectivity index (χ1) is 19.0. The van der Waals surface area contributed by atoms with E-state index < -0.39 is 22.7 Å². The smallest absolute Gasteiger partial charge is 0.269 e. The van der Waals surface area contributed by atoms with Crippen LogP contribution in [0.2, 0.25) is 0 Å². The second-order valence-corrected chi connectivity index (χ2v) is 10.6. The lowest BCUT2D eigenvalue weighted by Crippen LogP contribution is -2.40. The number of non-ortho nitro benzene ring substituents is 1. The molecule has 0 N–H and O–H groups in total. The lowest BCUT2D eigenvalue weighted by Gasteiger charge is -2.28. The Morgan fingerprint density at radius 1 is 0.675 bits per heavy atom. The molecule has 0 aromatic heterocycles. The van der Waals surface area contributed by atoms with E-state index in [0.717, 1.165) is 22.3 Å². The maximum atomic E-state index is 14.0. The molecule has 2 aliphatic heterocycles. The molecule has 1 unspecified atom stereocenters. The highest BCUT2D eigenvalue weighted by Gasteiger charge is 2.50. The van der Waals surface area contributed by atoms with Gasteiger partial charge in [-0.3, -0.25) is 19.7 Å². The van der Waals surface area contributed by atoms with Gasteiger partial charge < -0.3 is 0 Å². The maximum absolute atomic E-state index is 14.0. The van der Waals surface area contributed by atoms with E-state index in [9.17, 15) is 19.7 Å². The molecule has 0 saturated heterocycles. The number of nitro groups is 1. The van der Waals surface area contributed by atoms with E-state index in [0.29, 0.717) is 28.4 Å². The lowest BCUT2D eigenvalue weighted by atomic mass is 9.73. The molecular weight excluding hydrogens is 506 g/mol. The molecule has 40 heavy (non-hydrogen) atoms. The number of rotatable bonds is 6. The third kappa shape index (κ3) is 4.57. The summed E-state index contributed by atoms with van der Waals surface area (Å²) in [4.78, 5) is 39.0. The summed E-state index contributed by atoms with van der Waals surface area (Å²) in [6.45, 7) is 11.5. The van der Waals surface area contributed by atoms with Gasteiger partial charge in [-0.05, 0) is 93.6 Å². The summed E-state index contributed by atoms with van der Waals surface area (Å²) in [7, 11) is 0. The highest BCUT2D eigenvalue weighted by Crippen LogP contribution is 2.43. The number of nitro benzene ring substituents is 1. The van der Waals surface area contributed by atoms with Crippen LogP contribution in [-0.4, -0.2) is 28.2 Å². The Morgan fingerprint density at radius 2 is 1.10 bits per heavy atom. The van der Waals surface area contributed by atoms with E-state index >= 15 is 0 Å². The van der Waals surface area contributed by atoms with Gasteiger partial charge in [0.1, 0.15) is 0 Å². The van der Waals surface area contributed by atoms with Crippen molar-refractivity contribution in [1.82, 2.24) is 0 Å². The number of anilines is 2. The second kappa shape index (κ2) is 10.1. The van der Waals surface area contributed by atoms with Crippen LogP contribution in [0.4, 0.5) is 17.1 Å². The molecule has 0 spiro atoms.